The standard InChI is InChI=1S/C25H20BrN3O3/c1-17-6-8-18(9-7-17)24(30)22-4-2-3-5-23(22)25(31)28-20-14-27-29(15-20)16-32-21-12-10-19(26)11-13-21/h2-15H,16H2,1H3,(H,28,31). The molecular weight excluding hydrogens is 470 g/mol. The Morgan fingerprint density at radius 3 is 2.38 bits per heavy atom. The van der Waals surface area contributed by atoms with Crippen molar-refractivity contribution in [3.8, 4) is 5.75 Å². The average molecular weight is 490 g/mol. The van der Waals surface area contributed by atoms with Crippen molar-refractivity contribution in [1.29, 1.82) is 0 Å². The number of ether oxygens (including phenoxy) is 1. The van der Waals surface area contributed by atoms with Crippen LogP contribution < -0.4 is 10.1 Å². The van der Waals surface area contributed by atoms with Crippen LogP contribution in [0.1, 0.15) is 31.8 Å². The second kappa shape index (κ2) is 9.62. The van der Waals surface area contributed by atoms with Crippen LogP contribution in [0.4, 0.5) is 5.69 Å². The van der Waals surface area contributed by atoms with Gasteiger partial charge in [-0.15, -0.1) is 0 Å². The summed E-state index contributed by atoms with van der Waals surface area (Å²) in [4.78, 5) is 25.9. The Labute approximate surface area is 194 Å². The topological polar surface area (TPSA) is 73.2 Å². The molecule has 0 saturated carbocycles. The number of nitrogens with zero attached hydrogens (tertiary/aromatic N) is 2. The van der Waals surface area contributed by atoms with Crippen LogP contribution >= 0.6 is 15.9 Å². The van der Waals surface area contributed by atoms with Crippen LogP contribution in [0, 0.1) is 6.92 Å². The number of ketones is 1. The molecule has 3 aromatic carbocycles. The first-order valence-corrected chi connectivity index (χ1v) is 10.7. The summed E-state index contributed by atoms with van der Waals surface area (Å²) in [6.45, 7) is 2.15. The van der Waals surface area contributed by atoms with Gasteiger partial charge in [-0.3, -0.25) is 9.59 Å². The Balaban J connectivity index is 1.45. The molecule has 6 nitrogen and oxygen atoms in total. The van der Waals surface area contributed by atoms with E-state index in [1.54, 1.807) is 47.3 Å². The van der Waals surface area contributed by atoms with E-state index in [-0.39, 0.29) is 18.4 Å². The number of rotatable bonds is 7. The number of aromatic nitrogens is 2. The van der Waals surface area contributed by atoms with Crippen LogP contribution in [0.2, 0.25) is 0 Å². The van der Waals surface area contributed by atoms with Crippen LogP contribution in [0.3, 0.4) is 0 Å². The van der Waals surface area contributed by atoms with Gasteiger partial charge in [0.15, 0.2) is 12.5 Å². The number of carbonyl (C=O) groups is 2. The van der Waals surface area contributed by atoms with Crippen molar-refractivity contribution >= 4 is 33.3 Å². The highest BCUT2D eigenvalue weighted by molar-refractivity contribution is 9.10. The lowest BCUT2D eigenvalue weighted by Gasteiger charge is -2.09. The van der Waals surface area contributed by atoms with Crippen LogP contribution in [-0.4, -0.2) is 21.5 Å². The number of halogens is 1. The van der Waals surface area contributed by atoms with E-state index in [4.69, 9.17) is 4.74 Å². The third-order valence-electron chi connectivity index (χ3n) is 4.80. The fraction of sp³-hybridized carbons (Fsp3) is 0.0800. The smallest absolute Gasteiger partial charge is 0.256 e. The average Bonchev–Trinajstić information content (AvgIpc) is 3.26. The quantitative estimate of drug-likeness (QED) is 0.349. The molecule has 0 atom stereocenters. The second-order valence-corrected chi connectivity index (χ2v) is 8.11. The first kappa shape index (κ1) is 21.5. The molecule has 4 aromatic rings. The predicted octanol–water partition coefficient (Wildman–Crippen LogP) is 5.47. The summed E-state index contributed by atoms with van der Waals surface area (Å²) in [6, 6.07) is 21.5. The molecule has 1 N–H and O–H groups in total. The molecule has 0 aliphatic heterocycles. The zero-order chi connectivity index (χ0) is 22.5. The molecular formula is C25H20BrN3O3. The van der Waals surface area contributed by atoms with Gasteiger partial charge in [0.25, 0.3) is 5.91 Å². The molecule has 1 aromatic heterocycles. The molecule has 0 bridgehead atoms. The van der Waals surface area contributed by atoms with Gasteiger partial charge in [-0.1, -0.05) is 64.0 Å². The van der Waals surface area contributed by atoms with Crippen molar-refractivity contribution < 1.29 is 14.3 Å². The van der Waals surface area contributed by atoms with Crippen LogP contribution in [-0.2, 0) is 6.73 Å². The van der Waals surface area contributed by atoms with Gasteiger partial charge in [0.05, 0.1) is 23.6 Å². The zero-order valence-electron chi connectivity index (χ0n) is 17.3. The van der Waals surface area contributed by atoms with Crippen LogP contribution in [0.5, 0.6) is 5.75 Å². The van der Waals surface area contributed by atoms with E-state index in [2.05, 4.69) is 26.3 Å². The van der Waals surface area contributed by atoms with E-state index in [0.717, 1.165) is 10.0 Å². The molecule has 0 aliphatic carbocycles. The number of nitrogens with one attached hydrogen (secondary N) is 1. The summed E-state index contributed by atoms with van der Waals surface area (Å²) in [7, 11) is 0. The van der Waals surface area contributed by atoms with Crippen molar-refractivity contribution in [1.82, 2.24) is 9.78 Å². The van der Waals surface area contributed by atoms with Gasteiger partial charge >= 0.3 is 0 Å². The number of hydrogen-bond donors (Lipinski definition) is 1. The highest BCUT2D eigenvalue weighted by Crippen LogP contribution is 2.19. The summed E-state index contributed by atoms with van der Waals surface area (Å²) in [5, 5.41) is 7.01. The molecule has 4 rings (SSSR count). The molecule has 1 amide bonds. The van der Waals surface area contributed by atoms with E-state index in [0.29, 0.717) is 28.1 Å². The molecule has 0 saturated heterocycles. The summed E-state index contributed by atoms with van der Waals surface area (Å²) in [5.74, 6) is 0.126. The fourth-order valence-electron chi connectivity index (χ4n) is 3.11. The first-order valence-electron chi connectivity index (χ1n) is 9.92. The van der Waals surface area contributed by atoms with E-state index in [1.807, 2.05) is 43.3 Å². The Hall–Kier alpha value is -3.71. The predicted molar refractivity (Wildman–Crippen MR) is 126 cm³/mol. The number of hydrogen-bond acceptors (Lipinski definition) is 4. The Morgan fingerprint density at radius 2 is 1.66 bits per heavy atom. The Kier molecular flexibility index (Phi) is 6.47. The zero-order valence-corrected chi connectivity index (χ0v) is 18.9. The van der Waals surface area contributed by atoms with Gasteiger partial charge < -0.3 is 10.1 Å². The lowest BCUT2D eigenvalue weighted by Crippen LogP contribution is -2.16. The summed E-state index contributed by atoms with van der Waals surface area (Å²) in [5.41, 5.74) is 2.76. The van der Waals surface area contributed by atoms with Crippen LogP contribution in [0.25, 0.3) is 0 Å². The SMILES string of the molecule is Cc1ccc(C(=O)c2ccccc2C(=O)Nc2cnn(COc3ccc(Br)cc3)c2)cc1. The maximum absolute atomic E-state index is 13.0. The minimum atomic E-state index is -0.380. The molecule has 0 unspecified atom stereocenters. The highest BCUT2D eigenvalue weighted by Gasteiger charge is 2.18. The summed E-state index contributed by atoms with van der Waals surface area (Å²) >= 11 is 3.38. The largest absolute Gasteiger partial charge is 0.471 e. The van der Waals surface area contributed by atoms with Gasteiger partial charge in [0, 0.05) is 15.6 Å². The highest BCUT2D eigenvalue weighted by atomic mass is 79.9. The molecule has 7 heteroatoms. The van der Waals surface area contributed by atoms with E-state index >= 15 is 0 Å². The van der Waals surface area contributed by atoms with Gasteiger partial charge in [-0.25, -0.2) is 4.68 Å². The molecule has 160 valence electrons. The molecule has 0 fully saturated rings. The molecule has 0 spiro atoms. The van der Waals surface area contributed by atoms with Crippen molar-refractivity contribution in [2.75, 3.05) is 5.32 Å². The Bertz CT molecular complexity index is 1250. The lowest BCUT2D eigenvalue weighted by molar-refractivity contribution is 0.0996. The number of benzene rings is 3. The van der Waals surface area contributed by atoms with Gasteiger partial charge in [0.2, 0.25) is 0 Å². The monoisotopic (exact) mass is 489 g/mol. The Morgan fingerprint density at radius 1 is 0.969 bits per heavy atom. The number of carbonyl (C=O) groups excluding carboxylic acids is 2. The summed E-state index contributed by atoms with van der Waals surface area (Å²) in [6.07, 6.45) is 3.20. The fourth-order valence-corrected chi connectivity index (χ4v) is 3.37. The van der Waals surface area contributed by atoms with E-state index in [1.165, 1.54) is 6.20 Å². The maximum atomic E-state index is 13.0. The molecule has 1 heterocycles. The molecule has 32 heavy (non-hydrogen) atoms. The maximum Gasteiger partial charge on any atom is 0.256 e. The van der Waals surface area contributed by atoms with Gasteiger partial charge in [-0.2, -0.15) is 5.10 Å². The second-order valence-electron chi connectivity index (χ2n) is 7.19. The van der Waals surface area contributed by atoms with E-state index in [9.17, 15) is 9.59 Å². The normalized spacial score (nSPS) is 10.6. The van der Waals surface area contributed by atoms with Gasteiger partial charge in [0.1, 0.15) is 5.75 Å². The van der Waals surface area contributed by atoms with Crippen molar-refractivity contribution in [2.45, 2.75) is 13.7 Å². The third-order valence-corrected chi connectivity index (χ3v) is 5.33. The number of anilines is 1. The van der Waals surface area contributed by atoms with Gasteiger partial charge in [-0.05, 0) is 37.3 Å². The lowest BCUT2D eigenvalue weighted by atomic mass is 9.97. The number of amides is 1. The van der Waals surface area contributed by atoms with Crippen molar-refractivity contribution in [2.24, 2.45) is 0 Å². The minimum absolute atomic E-state index is 0.194. The number of aryl methyl sites for hydroxylation is 1. The molecule has 0 radical (unpaired) electrons. The van der Waals surface area contributed by atoms with Crippen molar-refractivity contribution in [3.05, 3.63) is 112 Å². The first-order chi connectivity index (χ1) is 15.5. The molecule has 0 aliphatic rings. The minimum Gasteiger partial charge on any atom is -0.471 e. The van der Waals surface area contributed by atoms with Crippen LogP contribution in [0.15, 0.2) is 89.7 Å². The van der Waals surface area contributed by atoms with E-state index < -0.39 is 0 Å². The third kappa shape index (κ3) is 5.12. The summed E-state index contributed by atoms with van der Waals surface area (Å²) < 4.78 is 8.22. The van der Waals surface area contributed by atoms with Crippen molar-refractivity contribution in [3.63, 3.8) is 0 Å².